The topological polar surface area (TPSA) is 138 Å². The van der Waals surface area contributed by atoms with Gasteiger partial charge in [-0.2, -0.15) is 0 Å². The standard InChI is InChI=1S/C25H26N4O6S2/c1-4-9-36-21-23-27(12-26-21)11-16(37-23)18-19(24(32)33)28-20(17(13(2)30)22(28)31)25(18,3)10-14-5-7-15(8-6-14)29(34)35/h5-8,11-13,17,20,30H,4,9-10H2,1-3H3,(H,32,33)/t13-,17-,20-,25+/m1/s1. The predicted molar refractivity (Wildman–Crippen MR) is 139 cm³/mol. The lowest BCUT2D eigenvalue weighted by atomic mass is 9.64. The van der Waals surface area contributed by atoms with E-state index in [0.717, 1.165) is 27.6 Å². The number of carbonyl (C=O) groups excluding carboxylic acids is 1. The minimum atomic E-state index is -1.21. The van der Waals surface area contributed by atoms with Crippen molar-refractivity contribution in [2.45, 2.75) is 50.8 Å². The number of aliphatic hydroxyl groups excluding tert-OH is 1. The van der Waals surface area contributed by atoms with Crippen LogP contribution in [0.15, 0.2) is 47.5 Å². The zero-order valence-electron chi connectivity index (χ0n) is 20.5. The first-order valence-corrected chi connectivity index (χ1v) is 13.7. The van der Waals surface area contributed by atoms with Crippen molar-refractivity contribution < 1.29 is 24.7 Å². The van der Waals surface area contributed by atoms with Gasteiger partial charge in [-0.05, 0) is 31.1 Å². The van der Waals surface area contributed by atoms with E-state index in [1.807, 2.05) is 17.5 Å². The van der Waals surface area contributed by atoms with Gasteiger partial charge < -0.3 is 15.1 Å². The summed E-state index contributed by atoms with van der Waals surface area (Å²) >= 11 is 3.07. The molecule has 0 spiro atoms. The quantitative estimate of drug-likeness (QED) is 0.179. The van der Waals surface area contributed by atoms with Crippen molar-refractivity contribution in [3.63, 3.8) is 0 Å². The first kappa shape index (κ1) is 25.4. The highest BCUT2D eigenvalue weighted by atomic mass is 32.2. The number of rotatable bonds is 9. The second kappa shape index (κ2) is 9.26. The van der Waals surface area contributed by atoms with Crippen LogP contribution in [-0.4, -0.2) is 59.2 Å². The molecule has 1 fully saturated rings. The third-order valence-corrected chi connectivity index (χ3v) is 9.59. The number of benzene rings is 1. The second-order valence-corrected chi connectivity index (χ2v) is 11.8. The van der Waals surface area contributed by atoms with Crippen LogP contribution >= 0.6 is 23.1 Å². The molecule has 4 atom stereocenters. The molecule has 10 nitrogen and oxygen atoms in total. The number of hydrogen-bond acceptors (Lipinski definition) is 8. The number of imidazole rings is 1. The number of β-lactam (4-membered cyclic amide) rings is 1. The van der Waals surface area contributed by atoms with Crippen LogP contribution in [0.3, 0.4) is 0 Å². The smallest absolute Gasteiger partial charge is 0.352 e. The second-order valence-electron chi connectivity index (χ2n) is 9.67. The van der Waals surface area contributed by atoms with E-state index in [9.17, 15) is 29.9 Å². The number of nitro groups is 1. The number of fused-ring (bicyclic) bond motifs is 2. The average Bonchev–Trinajstić information content (AvgIpc) is 3.46. The van der Waals surface area contributed by atoms with Crippen LogP contribution in [0, 0.1) is 21.4 Å². The lowest BCUT2D eigenvalue weighted by molar-refractivity contribution is -0.384. The molecule has 0 saturated carbocycles. The van der Waals surface area contributed by atoms with Crippen molar-refractivity contribution in [3.05, 3.63) is 63.0 Å². The Morgan fingerprint density at radius 2 is 2.05 bits per heavy atom. The summed E-state index contributed by atoms with van der Waals surface area (Å²) in [6, 6.07) is 5.59. The molecular weight excluding hydrogens is 516 g/mol. The summed E-state index contributed by atoms with van der Waals surface area (Å²) in [5, 5.41) is 32.8. The van der Waals surface area contributed by atoms with Crippen molar-refractivity contribution in [2.75, 3.05) is 5.75 Å². The number of non-ortho nitro benzene ring substituents is 1. The molecule has 1 aromatic carbocycles. The number of carboxylic acids is 1. The molecule has 0 aliphatic carbocycles. The van der Waals surface area contributed by atoms with E-state index < -0.39 is 40.3 Å². The van der Waals surface area contributed by atoms with E-state index in [4.69, 9.17) is 0 Å². The van der Waals surface area contributed by atoms with Gasteiger partial charge in [0.05, 0.1) is 27.9 Å². The van der Waals surface area contributed by atoms with E-state index in [-0.39, 0.29) is 11.4 Å². The van der Waals surface area contributed by atoms with Crippen molar-refractivity contribution in [2.24, 2.45) is 11.3 Å². The number of aliphatic carboxylic acids is 1. The summed E-state index contributed by atoms with van der Waals surface area (Å²) in [6.07, 6.45) is 3.92. The molecule has 0 radical (unpaired) electrons. The van der Waals surface area contributed by atoms with Crippen LogP contribution in [0.25, 0.3) is 10.4 Å². The average molecular weight is 543 g/mol. The van der Waals surface area contributed by atoms with Gasteiger partial charge in [-0.3, -0.25) is 19.3 Å². The number of aliphatic hydroxyl groups is 1. The fourth-order valence-corrected chi connectivity index (χ4v) is 7.80. The van der Waals surface area contributed by atoms with Gasteiger partial charge in [0, 0.05) is 29.3 Å². The zero-order chi connectivity index (χ0) is 26.6. The zero-order valence-corrected chi connectivity index (χ0v) is 22.1. The molecule has 2 N–H and O–H groups in total. The fourth-order valence-electron chi connectivity index (χ4n) is 5.60. The van der Waals surface area contributed by atoms with Gasteiger partial charge >= 0.3 is 5.97 Å². The van der Waals surface area contributed by atoms with Crippen LogP contribution in [0.4, 0.5) is 5.69 Å². The van der Waals surface area contributed by atoms with Gasteiger partial charge in [0.2, 0.25) is 5.91 Å². The number of nitro benzene ring substituents is 1. The van der Waals surface area contributed by atoms with Crippen LogP contribution in [0.2, 0.25) is 0 Å². The van der Waals surface area contributed by atoms with Crippen LogP contribution < -0.4 is 0 Å². The molecule has 0 bridgehead atoms. The number of thiazole rings is 1. The summed E-state index contributed by atoms with van der Waals surface area (Å²) in [6.45, 7) is 5.55. The minimum absolute atomic E-state index is 0.0392. The molecule has 2 aliphatic heterocycles. The maximum absolute atomic E-state index is 13.1. The molecule has 2 aromatic heterocycles. The van der Waals surface area contributed by atoms with Crippen molar-refractivity contribution in [1.82, 2.24) is 14.3 Å². The number of aromatic nitrogens is 2. The van der Waals surface area contributed by atoms with E-state index in [0.29, 0.717) is 16.9 Å². The van der Waals surface area contributed by atoms with Gasteiger partial charge in [-0.15, -0.1) is 23.1 Å². The van der Waals surface area contributed by atoms with E-state index >= 15 is 0 Å². The molecule has 1 saturated heterocycles. The summed E-state index contributed by atoms with van der Waals surface area (Å²) in [7, 11) is 0. The fraction of sp³-hybridized carbons (Fsp3) is 0.400. The van der Waals surface area contributed by atoms with E-state index in [1.54, 1.807) is 37.1 Å². The van der Waals surface area contributed by atoms with Gasteiger partial charge in [0.25, 0.3) is 5.69 Å². The minimum Gasteiger partial charge on any atom is -0.477 e. The lowest BCUT2D eigenvalue weighted by Gasteiger charge is -2.51. The van der Waals surface area contributed by atoms with E-state index in [1.165, 1.54) is 28.4 Å². The Morgan fingerprint density at radius 1 is 1.35 bits per heavy atom. The third kappa shape index (κ3) is 3.94. The van der Waals surface area contributed by atoms with Gasteiger partial charge in [-0.25, -0.2) is 9.78 Å². The first-order chi connectivity index (χ1) is 17.6. The Morgan fingerprint density at radius 3 is 2.65 bits per heavy atom. The highest BCUT2D eigenvalue weighted by Gasteiger charge is 2.66. The molecule has 1 amide bonds. The summed E-state index contributed by atoms with van der Waals surface area (Å²) < 4.78 is 1.88. The largest absolute Gasteiger partial charge is 0.477 e. The van der Waals surface area contributed by atoms with Crippen molar-refractivity contribution in [1.29, 1.82) is 0 Å². The summed E-state index contributed by atoms with van der Waals surface area (Å²) in [5.41, 5.74) is 0.316. The number of amides is 1. The summed E-state index contributed by atoms with van der Waals surface area (Å²) in [4.78, 5) is 43.8. The predicted octanol–water partition coefficient (Wildman–Crippen LogP) is 4.07. The van der Waals surface area contributed by atoms with Gasteiger partial charge in [0.1, 0.15) is 21.9 Å². The number of carboxylic acid groups (broad SMARTS) is 1. The third-order valence-electron chi connectivity index (χ3n) is 7.15. The summed E-state index contributed by atoms with van der Waals surface area (Å²) in [5.74, 6) is -1.47. The molecular formula is C25H26N4O6S2. The van der Waals surface area contributed by atoms with Gasteiger partial charge in [-0.1, -0.05) is 26.0 Å². The Kier molecular flexibility index (Phi) is 6.37. The number of hydrogen-bond donors (Lipinski definition) is 2. The first-order valence-electron chi connectivity index (χ1n) is 11.9. The Hall–Kier alpha value is -3.22. The maximum atomic E-state index is 13.1. The molecule has 37 heavy (non-hydrogen) atoms. The monoisotopic (exact) mass is 542 g/mol. The van der Waals surface area contributed by atoms with E-state index in [2.05, 4.69) is 11.9 Å². The highest BCUT2D eigenvalue weighted by Crippen LogP contribution is 2.59. The maximum Gasteiger partial charge on any atom is 0.352 e. The Balaban J connectivity index is 1.66. The molecule has 2 aliphatic rings. The van der Waals surface area contributed by atoms with Crippen LogP contribution in [0.5, 0.6) is 0 Å². The molecule has 194 valence electrons. The Bertz CT molecular complexity index is 1440. The number of nitrogens with zero attached hydrogens (tertiary/aromatic N) is 4. The molecule has 5 rings (SSSR count). The van der Waals surface area contributed by atoms with Crippen LogP contribution in [0.1, 0.15) is 37.6 Å². The Labute approximate surface area is 220 Å². The molecule has 12 heteroatoms. The molecule has 0 unspecified atom stereocenters. The van der Waals surface area contributed by atoms with Crippen LogP contribution in [-0.2, 0) is 16.0 Å². The SMILES string of the molecule is CCCSc1ncn2cc(C3=C(C(=O)O)N4C(=O)[C@H]([C@@H](C)O)[C@@H]4[C@@]3(C)Cc3ccc([N+](=O)[O-])cc3)sc12. The molecule has 3 aromatic rings. The number of carbonyl (C=O) groups is 2. The number of thioether (sulfide) groups is 1. The van der Waals surface area contributed by atoms with Gasteiger partial charge in [0.15, 0.2) is 0 Å². The normalized spacial score (nSPS) is 23.9. The highest BCUT2D eigenvalue weighted by molar-refractivity contribution is 7.99. The molecule has 4 heterocycles. The van der Waals surface area contributed by atoms with Crippen molar-refractivity contribution in [3.8, 4) is 0 Å². The lowest BCUT2D eigenvalue weighted by Crippen LogP contribution is -2.66. The van der Waals surface area contributed by atoms with Crippen molar-refractivity contribution >= 4 is 51.1 Å².